The van der Waals surface area contributed by atoms with Crippen molar-refractivity contribution in [3.8, 4) is 0 Å². The molecule has 0 saturated carbocycles. The average molecular weight is 458 g/mol. The zero-order chi connectivity index (χ0) is 23.5. The van der Waals surface area contributed by atoms with Crippen LogP contribution in [-0.2, 0) is 11.8 Å². The SMILES string of the molecule is Cn1cc(B(O)O)nc(Nc2ccc(N3CCC(N4CCOCC4)CC3)c([N+](=O)[O-])c2)c1=O. The van der Waals surface area contributed by atoms with E-state index in [0.717, 1.165) is 43.7 Å². The number of nitro groups is 1. The molecule has 0 aliphatic carbocycles. The number of ether oxygens (including phenoxy) is 1. The predicted octanol–water partition coefficient (Wildman–Crippen LogP) is -0.587. The summed E-state index contributed by atoms with van der Waals surface area (Å²) < 4.78 is 6.58. The number of nitrogens with zero attached hydrogens (tertiary/aromatic N) is 5. The van der Waals surface area contributed by atoms with Crippen LogP contribution in [0.5, 0.6) is 0 Å². The van der Waals surface area contributed by atoms with Gasteiger partial charge in [-0.3, -0.25) is 19.8 Å². The summed E-state index contributed by atoms with van der Waals surface area (Å²) in [6.07, 6.45) is 3.06. The Bertz CT molecular complexity index is 1070. The highest BCUT2D eigenvalue weighted by atomic mass is 16.6. The van der Waals surface area contributed by atoms with Gasteiger partial charge in [-0.25, -0.2) is 4.98 Å². The number of nitrogens with one attached hydrogen (secondary N) is 1. The predicted molar refractivity (Wildman–Crippen MR) is 123 cm³/mol. The number of aromatic nitrogens is 2. The number of morpholine rings is 1. The standard InChI is InChI=1S/C20H27BN6O6/c1-24-13-18(21(29)30)23-19(20(24)28)22-14-2-3-16(17(12-14)27(31)32)26-6-4-15(5-7-26)25-8-10-33-11-9-25/h2-3,12-13,15,29-30H,4-11H2,1H3,(H,22,23). The van der Waals surface area contributed by atoms with Gasteiger partial charge in [0.05, 0.1) is 23.7 Å². The molecule has 0 bridgehead atoms. The Balaban J connectivity index is 1.52. The number of benzene rings is 1. The largest absolute Gasteiger partial charge is 0.509 e. The smallest absolute Gasteiger partial charge is 0.422 e. The van der Waals surface area contributed by atoms with E-state index in [9.17, 15) is 25.0 Å². The second-order valence-corrected chi connectivity index (χ2v) is 8.26. The van der Waals surface area contributed by atoms with Gasteiger partial charge in [-0.2, -0.15) is 0 Å². The van der Waals surface area contributed by atoms with Crippen molar-refractivity contribution in [3.05, 3.63) is 44.9 Å². The Morgan fingerprint density at radius 3 is 2.55 bits per heavy atom. The van der Waals surface area contributed by atoms with Crippen molar-refractivity contribution in [2.45, 2.75) is 18.9 Å². The highest BCUT2D eigenvalue weighted by Gasteiger charge is 2.29. The summed E-state index contributed by atoms with van der Waals surface area (Å²) >= 11 is 0. The summed E-state index contributed by atoms with van der Waals surface area (Å²) in [7, 11) is -0.401. The molecule has 3 N–H and O–H groups in total. The van der Waals surface area contributed by atoms with Gasteiger partial charge in [-0.15, -0.1) is 0 Å². The van der Waals surface area contributed by atoms with Crippen molar-refractivity contribution in [2.75, 3.05) is 49.6 Å². The van der Waals surface area contributed by atoms with E-state index in [2.05, 4.69) is 15.2 Å². The average Bonchev–Trinajstić information content (AvgIpc) is 2.82. The van der Waals surface area contributed by atoms with Crippen molar-refractivity contribution in [2.24, 2.45) is 7.05 Å². The third kappa shape index (κ3) is 5.16. The van der Waals surface area contributed by atoms with E-state index in [1.165, 1.54) is 19.3 Å². The fraction of sp³-hybridized carbons (Fsp3) is 0.500. The van der Waals surface area contributed by atoms with Crippen molar-refractivity contribution in [3.63, 3.8) is 0 Å². The van der Waals surface area contributed by atoms with Gasteiger partial charge < -0.3 is 29.6 Å². The van der Waals surface area contributed by atoms with Crippen LogP contribution < -0.4 is 21.4 Å². The molecule has 1 aromatic heterocycles. The molecule has 176 valence electrons. The van der Waals surface area contributed by atoms with E-state index in [4.69, 9.17) is 4.74 Å². The molecule has 3 heterocycles. The fourth-order valence-corrected chi connectivity index (χ4v) is 4.40. The molecule has 2 aromatic rings. The van der Waals surface area contributed by atoms with Gasteiger partial charge in [0.25, 0.3) is 11.2 Å². The Labute approximate surface area is 190 Å². The van der Waals surface area contributed by atoms with Gasteiger partial charge >= 0.3 is 7.12 Å². The van der Waals surface area contributed by atoms with Crippen LogP contribution in [0, 0.1) is 10.1 Å². The van der Waals surface area contributed by atoms with E-state index < -0.39 is 17.6 Å². The summed E-state index contributed by atoms with van der Waals surface area (Å²) in [4.78, 5) is 32.1. The van der Waals surface area contributed by atoms with Crippen LogP contribution >= 0.6 is 0 Å². The summed E-state index contributed by atoms with van der Waals surface area (Å²) in [5.74, 6) is -0.156. The van der Waals surface area contributed by atoms with Crippen LogP contribution in [0.25, 0.3) is 0 Å². The molecule has 13 heteroatoms. The molecule has 2 fully saturated rings. The second-order valence-electron chi connectivity index (χ2n) is 8.26. The first-order valence-corrected chi connectivity index (χ1v) is 10.9. The first kappa shape index (κ1) is 23.2. The van der Waals surface area contributed by atoms with E-state index in [1.807, 2.05) is 4.90 Å². The number of hydrogen-bond acceptors (Lipinski definition) is 10. The van der Waals surface area contributed by atoms with Crippen molar-refractivity contribution >= 4 is 35.6 Å². The Morgan fingerprint density at radius 1 is 1.21 bits per heavy atom. The molecular weight excluding hydrogens is 431 g/mol. The van der Waals surface area contributed by atoms with Gasteiger partial charge in [-0.05, 0) is 25.0 Å². The minimum absolute atomic E-state index is 0.0695. The maximum Gasteiger partial charge on any atom is 0.509 e. The number of nitro benzene ring substituents is 1. The lowest BCUT2D eigenvalue weighted by atomic mass is 9.87. The zero-order valence-electron chi connectivity index (χ0n) is 18.4. The number of rotatable bonds is 6. The highest BCUT2D eigenvalue weighted by Crippen LogP contribution is 2.34. The van der Waals surface area contributed by atoms with Gasteiger partial charge in [0.1, 0.15) is 5.69 Å². The van der Waals surface area contributed by atoms with Crippen LogP contribution in [0.1, 0.15) is 12.8 Å². The molecule has 4 rings (SSSR count). The number of aryl methyl sites for hydroxylation is 1. The van der Waals surface area contributed by atoms with E-state index in [1.54, 1.807) is 12.1 Å². The molecule has 0 spiro atoms. The third-order valence-corrected chi connectivity index (χ3v) is 6.16. The number of anilines is 3. The Hall–Kier alpha value is -3.00. The monoisotopic (exact) mass is 458 g/mol. The van der Waals surface area contributed by atoms with Crippen molar-refractivity contribution in [1.29, 1.82) is 0 Å². The minimum Gasteiger partial charge on any atom is -0.422 e. The number of hydrogen-bond donors (Lipinski definition) is 3. The Kier molecular flexibility index (Phi) is 6.93. The van der Waals surface area contributed by atoms with Crippen LogP contribution in [0.3, 0.4) is 0 Å². The van der Waals surface area contributed by atoms with Gasteiger partial charge in [-0.1, -0.05) is 0 Å². The Morgan fingerprint density at radius 2 is 1.91 bits per heavy atom. The molecule has 0 amide bonds. The van der Waals surface area contributed by atoms with Crippen LogP contribution in [0.15, 0.2) is 29.2 Å². The molecule has 12 nitrogen and oxygen atoms in total. The van der Waals surface area contributed by atoms with Crippen LogP contribution in [-0.4, -0.2) is 82.0 Å². The van der Waals surface area contributed by atoms with Crippen LogP contribution in [0.4, 0.5) is 22.9 Å². The normalized spacial score (nSPS) is 17.7. The maximum atomic E-state index is 12.4. The molecule has 2 aliphatic heterocycles. The molecule has 2 aliphatic rings. The first-order chi connectivity index (χ1) is 15.8. The molecule has 0 unspecified atom stereocenters. The van der Waals surface area contributed by atoms with E-state index in [-0.39, 0.29) is 17.1 Å². The topological polar surface area (TPSA) is 146 Å². The minimum atomic E-state index is -1.85. The lowest BCUT2D eigenvalue weighted by Crippen LogP contribution is -2.49. The first-order valence-electron chi connectivity index (χ1n) is 10.9. The molecule has 1 aromatic carbocycles. The molecule has 0 radical (unpaired) electrons. The zero-order valence-corrected chi connectivity index (χ0v) is 18.4. The van der Waals surface area contributed by atoms with E-state index >= 15 is 0 Å². The molecule has 33 heavy (non-hydrogen) atoms. The number of piperidine rings is 1. The summed E-state index contributed by atoms with van der Waals surface area (Å²) in [5.41, 5.74) is 0.152. The van der Waals surface area contributed by atoms with Gasteiger partial charge in [0.2, 0.25) is 0 Å². The molecule has 0 atom stereocenters. The second kappa shape index (κ2) is 9.87. The van der Waals surface area contributed by atoms with Crippen molar-refractivity contribution in [1.82, 2.24) is 14.5 Å². The quantitative estimate of drug-likeness (QED) is 0.292. The van der Waals surface area contributed by atoms with Gasteiger partial charge in [0, 0.05) is 57.2 Å². The maximum absolute atomic E-state index is 12.4. The highest BCUT2D eigenvalue weighted by molar-refractivity contribution is 6.57. The van der Waals surface area contributed by atoms with Crippen LogP contribution in [0.2, 0.25) is 0 Å². The summed E-state index contributed by atoms with van der Waals surface area (Å²) in [5, 5.41) is 33.4. The lowest BCUT2D eigenvalue weighted by Gasteiger charge is -2.40. The molecule has 2 saturated heterocycles. The fourth-order valence-electron chi connectivity index (χ4n) is 4.40. The summed E-state index contributed by atoms with van der Waals surface area (Å²) in [6.45, 7) is 4.78. The van der Waals surface area contributed by atoms with Crippen molar-refractivity contribution < 1.29 is 19.7 Å². The van der Waals surface area contributed by atoms with E-state index in [0.29, 0.717) is 30.5 Å². The molecular formula is C20H27BN6O6. The third-order valence-electron chi connectivity index (χ3n) is 6.16. The summed E-state index contributed by atoms with van der Waals surface area (Å²) in [6, 6.07) is 5.15. The lowest BCUT2D eigenvalue weighted by molar-refractivity contribution is -0.384. The van der Waals surface area contributed by atoms with Gasteiger partial charge in [0.15, 0.2) is 5.82 Å².